The molecule has 9 heteroatoms. The van der Waals surface area contributed by atoms with Crippen molar-refractivity contribution in [2.24, 2.45) is 4.99 Å². The van der Waals surface area contributed by atoms with Crippen molar-refractivity contribution in [1.29, 1.82) is 0 Å². The molecule has 1 rings (SSSR count). The van der Waals surface area contributed by atoms with Crippen LogP contribution in [-0.4, -0.2) is 79.6 Å². The van der Waals surface area contributed by atoms with Gasteiger partial charge in [-0.3, -0.25) is 14.6 Å². The van der Waals surface area contributed by atoms with E-state index < -0.39 is 23.3 Å². The minimum atomic E-state index is -0.877. The molecule has 0 bridgehead atoms. The van der Waals surface area contributed by atoms with E-state index in [-0.39, 0.29) is 24.5 Å². The summed E-state index contributed by atoms with van der Waals surface area (Å²) < 4.78 is 5.46. The van der Waals surface area contributed by atoms with Crippen molar-refractivity contribution in [2.75, 3.05) is 57.0 Å². The molecule has 4 N–H and O–H groups in total. The van der Waals surface area contributed by atoms with Gasteiger partial charge in [-0.2, -0.15) is 0 Å². The van der Waals surface area contributed by atoms with E-state index in [0.29, 0.717) is 13.2 Å². The molecular formula is C31H58N4O5. The lowest BCUT2D eigenvalue weighted by atomic mass is 10.1. The molecule has 0 saturated carbocycles. The van der Waals surface area contributed by atoms with Gasteiger partial charge in [0.15, 0.2) is 6.29 Å². The van der Waals surface area contributed by atoms with Crippen molar-refractivity contribution < 1.29 is 14.9 Å². The highest BCUT2D eigenvalue weighted by Gasteiger charge is 2.20. The number of aliphatic hydroxyl groups excluding tert-OH is 2. The Morgan fingerprint density at radius 1 is 0.825 bits per heavy atom. The van der Waals surface area contributed by atoms with Gasteiger partial charge in [0.25, 0.3) is 10.9 Å². The molecule has 0 heterocycles. The highest BCUT2D eigenvalue weighted by atomic mass is 16.6. The SMILES string of the molecule is CCCCCCCCCCCCCCN(CCCCOC(O)CN=C(C)C)CC(O)CNc1c(NC)c(=O)c1=O. The van der Waals surface area contributed by atoms with E-state index in [1.54, 1.807) is 7.05 Å². The number of aliphatic hydroxyl groups is 2. The number of ether oxygens (including phenoxy) is 1. The summed E-state index contributed by atoms with van der Waals surface area (Å²) in [5.74, 6) is 0. The Labute approximate surface area is 242 Å². The number of nitrogens with one attached hydrogen (secondary N) is 2. The largest absolute Gasteiger partial charge is 0.390 e. The maximum Gasteiger partial charge on any atom is 0.253 e. The second kappa shape index (κ2) is 22.8. The van der Waals surface area contributed by atoms with Gasteiger partial charge in [0.2, 0.25) is 0 Å². The summed E-state index contributed by atoms with van der Waals surface area (Å²) in [6.45, 7) is 9.19. The fourth-order valence-electron chi connectivity index (χ4n) is 4.82. The molecule has 0 saturated heterocycles. The first kappa shape index (κ1) is 36.2. The van der Waals surface area contributed by atoms with Crippen LogP contribution in [0.3, 0.4) is 0 Å². The van der Waals surface area contributed by atoms with Crippen LogP contribution in [0.25, 0.3) is 0 Å². The van der Waals surface area contributed by atoms with Gasteiger partial charge < -0.3 is 30.5 Å². The number of aliphatic imine (C=N–C) groups is 1. The van der Waals surface area contributed by atoms with Crippen molar-refractivity contribution in [3.8, 4) is 0 Å². The standard InChI is InChI=1S/C31H58N4O5/c1-5-6-7-8-9-10-11-12-13-14-15-16-19-35(20-17-18-21-40-27(37)23-33-25(2)3)24-26(36)22-34-29-28(32-4)30(38)31(29)39/h26-27,32,34,36-37H,5-24H2,1-4H3. The van der Waals surface area contributed by atoms with Gasteiger partial charge in [-0.05, 0) is 46.2 Å². The smallest absolute Gasteiger partial charge is 0.253 e. The molecule has 0 aliphatic rings. The van der Waals surface area contributed by atoms with Crippen LogP contribution < -0.4 is 21.5 Å². The highest BCUT2D eigenvalue weighted by molar-refractivity contribution is 5.79. The van der Waals surface area contributed by atoms with Gasteiger partial charge in [0.05, 0.1) is 12.6 Å². The van der Waals surface area contributed by atoms with Crippen molar-refractivity contribution in [2.45, 2.75) is 123 Å². The third-order valence-electron chi connectivity index (χ3n) is 7.21. The monoisotopic (exact) mass is 566 g/mol. The van der Waals surface area contributed by atoms with Gasteiger partial charge in [0, 0.05) is 32.5 Å². The second-order valence-electron chi connectivity index (χ2n) is 11.2. The van der Waals surface area contributed by atoms with E-state index in [9.17, 15) is 19.8 Å². The average molecular weight is 567 g/mol. The van der Waals surface area contributed by atoms with E-state index >= 15 is 0 Å². The van der Waals surface area contributed by atoms with Crippen LogP contribution in [-0.2, 0) is 4.74 Å². The lowest BCUT2D eigenvalue weighted by Crippen LogP contribution is -2.41. The van der Waals surface area contributed by atoms with Gasteiger partial charge in [-0.15, -0.1) is 0 Å². The summed E-state index contributed by atoms with van der Waals surface area (Å²) in [6, 6.07) is 0. The lowest BCUT2D eigenvalue weighted by molar-refractivity contribution is -0.0920. The minimum absolute atomic E-state index is 0.209. The van der Waals surface area contributed by atoms with E-state index in [0.717, 1.165) is 38.1 Å². The predicted molar refractivity (Wildman–Crippen MR) is 168 cm³/mol. The molecule has 1 aromatic carbocycles. The molecule has 0 aromatic heterocycles. The Bertz CT molecular complexity index is 864. The quantitative estimate of drug-likeness (QED) is 0.0523. The van der Waals surface area contributed by atoms with E-state index in [1.807, 2.05) is 13.8 Å². The zero-order chi connectivity index (χ0) is 29.6. The third kappa shape index (κ3) is 16.5. The molecule has 9 nitrogen and oxygen atoms in total. The molecule has 0 aliphatic heterocycles. The summed E-state index contributed by atoms with van der Waals surface area (Å²) >= 11 is 0. The Morgan fingerprint density at radius 3 is 1.90 bits per heavy atom. The molecule has 0 radical (unpaired) electrons. The van der Waals surface area contributed by atoms with E-state index in [4.69, 9.17) is 4.74 Å². The summed E-state index contributed by atoms with van der Waals surface area (Å²) in [7, 11) is 1.61. The minimum Gasteiger partial charge on any atom is -0.390 e. The summed E-state index contributed by atoms with van der Waals surface area (Å²) in [5, 5.41) is 26.2. The lowest BCUT2D eigenvalue weighted by Gasteiger charge is -2.26. The van der Waals surface area contributed by atoms with Crippen LogP contribution in [0.2, 0.25) is 0 Å². The molecule has 0 amide bonds. The van der Waals surface area contributed by atoms with Crippen molar-refractivity contribution in [3.63, 3.8) is 0 Å². The Hall–Kier alpha value is -1.81. The Kier molecular flexibility index (Phi) is 20.7. The molecule has 2 unspecified atom stereocenters. The van der Waals surface area contributed by atoms with E-state index in [2.05, 4.69) is 27.4 Å². The second-order valence-corrected chi connectivity index (χ2v) is 11.2. The predicted octanol–water partition coefficient (Wildman–Crippen LogP) is 4.70. The maximum absolute atomic E-state index is 11.8. The fourth-order valence-corrected chi connectivity index (χ4v) is 4.82. The van der Waals surface area contributed by atoms with Crippen molar-refractivity contribution >= 4 is 17.1 Å². The molecule has 232 valence electrons. The van der Waals surface area contributed by atoms with Gasteiger partial charge in [-0.1, -0.05) is 77.6 Å². The fraction of sp³-hybridized carbons (Fsp3) is 0.839. The zero-order valence-electron chi connectivity index (χ0n) is 25.8. The molecule has 0 fully saturated rings. The first-order chi connectivity index (χ1) is 19.3. The van der Waals surface area contributed by atoms with Crippen LogP contribution >= 0.6 is 0 Å². The first-order valence-electron chi connectivity index (χ1n) is 15.7. The van der Waals surface area contributed by atoms with Crippen LogP contribution in [0.15, 0.2) is 14.6 Å². The Balaban J connectivity index is 2.35. The zero-order valence-corrected chi connectivity index (χ0v) is 25.8. The first-order valence-corrected chi connectivity index (χ1v) is 15.7. The normalized spacial score (nSPS) is 13.1. The van der Waals surface area contributed by atoms with Crippen molar-refractivity contribution in [1.82, 2.24) is 4.90 Å². The van der Waals surface area contributed by atoms with Crippen LogP contribution in [0.1, 0.15) is 111 Å². The van der Waals surface area contributed by atoms with Gasteiger partial charge >= 0.3 is 0 Å². The molecule has 0 spiro atoms. The summed E-state index contributed by atoms with van der Waals surface area (Å²) in [5.41, 5.74) is 0.407. The molecule has 40 heavy (non-hydrogen) atoms. The summed E-state index contributed by atoms with van der Waals surface area (Å²) in [4.78, 5) is 29.8. The third-order valence-corrected chi connectivity index (χ3v) is 7.21. The number of rotatable bonds is 27. The molecule has 2 atom stereocenters. The van der Waals surface area contributed by atoms with Crippen LogP contribution in [0, 0.1) is 0 Å². The Morgan fingerprint density at radius 2 is 1.35 bits per heavy atom. The van der Waals surface area contributed by atoms with Crippen LogP contribution in [0.4, 0.5) is 11.4 Å². The van der Waals surface area contributed by atoms with Gasteiger partial charge in [-0.25, -0.2) is 0 Å². The van der Waals surface area contributed by atoms with Crippen LogP contribution in [0.5, 0.6) is 0 Å². The highest BCUT2D eigenvalue weighted by Crippen LogP contribution is 2.14. The van der Waals surface area contributed by atoms with Crippen molar-refractivity contribution in [3.05, 3.63) is 20.4 Å². The number of nitrogens with zero attached hydrogens (tertiary/aromatic N) is 2. The number of anilines is 2. The average Bonchev–Trinajstić information content (AvgIpc) is 2.93. The molecule has 1 aromatic rings. The number of hydrogen-bond donors (Lipinski definition) is 4. The number of hydrogen-bond acceptors (Lipinski definition) is 9. The maximum atomic E-state index is 11.8. The molecule has 0 aliphatic carbocycles. The number of unbranched alkanes of at least 4 members (excludes halogenated alkanes) is 12. The summed E-state index contributed by atoms with van der Waals surface area (Å²) in [6.07, 6.45) is 15.8. The van der Waals surface area contributed by atoms with Gasteiger partial charge in [0.1, 0.15) is 11.4 Å². The van der Waals surface area contributed by atoms with E-state index in [1.165, 1.54) is 70.6 Å². The topological polar surface area (TPSA) is 123 Å². The molecular weight excluding hydrogens is 508 g/mol.